The average Bonchev–Trinajstić information content (AvgIpc) is 3.02. The maximum Gasteiger partial charge on any atom is 0.408 e. The number of hydrogen-bond acceptors (Lipinski definition) is 5. The lowest BCUT2D eigenvalue weighted by molar-refractivity contribution is -0.143. The molecule has 47 heavy (non-hydrogen) atoms. The summed E-state index contributed by atoms with van der Waals surface area (Å²) < 4.78 is 5.57. The third kappa shape index (κ3) is 10.1. The predicted octanol–water partition coefficient (Wildman–Crippen LogP) is 8.01. The van der Waals surface area contributed by atoms with Crippen LogP contribution in [-0.2, 0) is 20.7 Å². The molecule has 3 N–H and O–H groups in total. The van der Waals surface area contributed by atoms with E-state index in [0.29, 0.717) is 23.6 Å². The van der Waals surface area contributed by atoms with Crippen LogP contribution >= 0.6 is 0 Å². The van der Waals surface area contributed by atoms with Gasteiger partial charge in [0.05, 0.1) is 0 Å². The molecule has 0 heterocycles. The molecule has 0 saturated heterocycles. The van der Waals surface area contributed by atoms with Gasteiger partial charge in [-0.05, 0) is 92.6 Å². The minimum Gasteiger partial charge on any atom is -0.508 e. The van der Waals surface area contributed by atoms with E-state index in [0.717, 1.165) is 22.8 Å². The van der Waals surface area contributed by atoms with Gasteiger partial charge in [-0.2, -0.15) is 0 Å². The van der Waals surface area contributed by atoms with Crippen LogP contribution in [0.4, 0.5) is 10.5 Å². The SMILES string of the molecule is CC(C)CCC(C)N(C(=O)C(Cc1ccccc1)NC(=O)OC(C)(C)C)C(C(=O)Nc1ccc2ccccc2c1)c1ccc(O)cc1. The number of rotatable bonds is 12. The Bertz CT molecular complexity index is 1650. The molecule has 0 aliphatic rings. The number of carbonyl (C=O) groups is 3. The molecule has 4 aromatic carbocycles. The van der Waals surface area contributed by atoms with Gasteiger partial charge in [-0.15, -0.1) is 0 Å². The largest absolute Gasteiger partial charge is 0.508 e. The second-order valence-corrected chi connectivity index (χ2v) is 13.5. The van der Waals surface area contributed by atoms with Crippen LogP contribution in [0.25, 0.3) is 10.8 Å². The van der Waals surface area contributed by atoms with Crippen LogP contribution in [0.5, 0.6) is 5.75 Å². The lowest BCUT2D eigenvalue weighted by atomic mass is 9.95. The lowest BCUT2D eigenvalue weighted by Crippen LogP contribution is -2.55. The summed E-state index contributed by atoms with van der Waals surface area (Å²) in [4.78, 5) is 44.0. The van der Waals surface area contributed by atoms with Gasteiger partial charge in [-0.3, -0.25) is 9.59 Å². The number of aromatic hydroxyl groups is 1. The third-order valence-electron chi connectivity index (χ3n) is 7.92. The van der Waals surface area contributed by atoms with Gasteiger partial charge >= 0.3 is 6.09 Å². The first kappa shape index (κ1) is 35.0. The molecule has 8 heteroatoms. The number of carbonyl (C=O) groups excluding carboxylic acids is 3. The van der Waals surface area contributed by atoms with E-state index >= 15 is 0 Å². The fraction of sp³-hybridized carbons (Fsp3) is 0.359. The molecule has 3 amide bonds. The van der Waals surface area contributed by atoms with Crippen molar-refractivity contribution in [3.63, 3.8) is 0 Å². The van der Waals surface area contributed by atoms with Gasteiger partial charge in [0, 0.05) is 18.2 Å². The molecule has 0 aromatic heterocycles. The average molecular weight is 638 g/mol. The molecule has 3 atom stereocenters. The zero-order valence-corrected chi connectivity index (χ0v) is 28.2. The first-order chi connectivity index (χ1) is 22.3. The van der Waals surface area contributed by atoms with Crippen LogP contribution < -0.4 is 10.6 Å². The molecule has 3 unspecified atom stereocenters. The zero-order valence-electron chi connectivity index (χ0n) is 28.2. The first-order valence-electron chi connectivity index (χ1n) is 16.2. The number of nitrogens with one attached hydrogen (secondary N) is 2. The quantitative estimate of drug-likeness (QED) is 0.146. The fourth-order valence-electron chi connectivity index (χ4n) is 5.56. The van der Waals surface area contributed by atoms with Crippen molar-refractivity contribution < 1.29 is 24.2 Å². The van der Waals surface area contributed by atoms with Crippen molar-refractivity contribution in [1.82, 2.24) is 10.2 Å². The number of benzene rings is 4. The molecule has 0 bridgehead atoms. The molecule has 0 fully saturated rings. The van der Waals surface area contributed by atoms with Crippen molar-refractivity contribution in [1.29, 1.82) is 0 Å². The summed E-state index contributed by atoms with van der Waals surface area (Å²) in [5, 5.41) is 18.0. The Kier molecular flexibility index (Phi) is 11.6. The van der Waals surface area contributed by atoms with Crippen LogP contribution in [-0.4, -0.2) is 45.6 Å². The van der Waals surface area contributed by atoms with Gasteiger partial charge in [0.25, 0.3) is 5.91 Å². The number of phenols is 1. The van der Waals surface area contributed by atoms with Crippen LogP contribution in [0.1, 0.15) is 71.6 Å². The molecular weight excluding hydrogens is 590 g/mol. The van der Waals surface area contributed by atoms with E-state index in [1.807, 2.05) is 79.7 Å². The van der Waals surface area contributed by atoms with Crippen molar-refractivity contribution in [3.05, 3.63) is 108 Å². The van der Waals surface area contributed by atoms with Crippen LogP contribution in [0.2, 0.25) is 0 Å². The summed E-state index contributed by atoms with van der Waals surface area (Å²) in [6, 6.07) is 26.8. The van der Waals surface area contributed by atoms with Gasteiger partial charge in [0.1, 0.15) is 23.4 Å². The van der Waals surface area contributed by atoms with Gasteiger partial charge in [-0.1, -0.05) is 86.6 Å². The second kappa shape index (κ2) is 15.6. The Labute approximate surface area is 278 Å². The Hall–Kier alpha value is -4.85. The molecule has 8 nitrogen and oxygen atoms in total. The van der Waals surface area contributed by atoms with E-state index in [9.17, 15) is 19.5 Å². The minimum absolute atomic E-state index is 0.0433. The third-order valence-corrected chi connectivity index (χ3v) is 7.92. The molecule has 0 aliphatic heterocycles. The number of alkyl carbamates (subject to hydrolysis) is 1. The van der Waals surface area contributed by atoms with Gasteiger partial charge < -0.3 is 25.4 Å². The van der Waals surface area contributed by atoms with Crippen molar-refractivity contribution in [3.8, 4) is 5.75 Å². The van der Waals surface area contributed by atoms with E-state index in [1.165, 1.54) is 12.1 Å². The zero-order chi connectivity index (χ0) is 34.1. The normalized spacial score (nSPS) is 13.4. The van der Waals surface area contributed by atoms with E-state index in [-0.39, 0.29) is 18.2 Å². The summed E-state index contributed by atoms with van der Waals surface area (Å²) in [6.07, 6.45) is 0.929. The Morgan fingerprint density at radius 1 is 0.809 bits per heavy atom. The number of fused-ring (bicyclic) bond motifs is 1. The molecule has 0 spiro atoms. The summed E-state index contributed by atoms with van der Waals surface area (Å²) in [5.74, 6) is -0.413. The van der Waals surface area contributed by atoms with Gasteiger partial charge in [0.2, 0.25) is 5.91 Å². The van der Waals surface area contributed by atoms with E-state index < -0.39 is 35.6 Å². The highest BCUT2D eigenvalue weighted by Gasteiger charge is 2.39. The molecular formula is C39H47N3O5. The summed E-state index contributed by atoms with van der Waals surface area (Å²) >= 11 is 0. The number of nitrogens with zero attached hydrogens (tertiary/aromatic N) is 1. The maximum atomic E-state index is 14.9. The Morgan fingerprint density at radius 2 is 1.45 bits per heavy atom. The van der Waals surface area contributed by atoms with E-state index in [1.54, 1.807) is 37.8 Å². The van der Waals surface area contributed by atoms with Crippen LogP contribution in [0.3, 0.4) is 0 Å². The first-order valence-corrected chi connectivity index (χ1v) is 16.2. The summed E-state index contributed by atoms with van der Waals surface area (Å²) in [6.45, 7) is 11.5. The topological polar surface area (TPSA) is 108 Å². The maximum absolute atomic E-state index is 14.9. The van der Waals surface area contributed by atoms with Crippen molar-refractivity contribution in [2.24, 2.45) is 5.92 Å². The number of anilines is 1. The highest BCUT2D eigenvalue weighted by atomic mass is 16.6. The van der Waals surface area contributed by atoms with Crippen molar-refractivity contribution in [2.45, 2.75) is 84.5 Å². The smallest absolute Gasteiger partial charge is 0.408 e. The number of hydrogen-bond donors (Lipinski definition) is 3. The molecule has 0 aliphatic carbocycles. The number of phenolic OH excluding ortho intramolecular Hbond substituents is 1. The van der Waals surface area contributed by atoms with Crippen molar-refractivity contribution >= 4 is 34.4 Å². The Morgan fingerprint density at radius 3 is 2.09 bits per heavy atom. The van der Waals surface area contributed by atoms with Crippen molar-refractivity contribution in [2.75, 3.05) is 5.32 Å². The summed E-state index contributed by atoms with van der Waals surface area (Å²) in [5.41, 5.74) is 1.19. The molecule has 248 valence electrons. The highest BCUT2D eigenvalue weighted by Crippen LogP contribution is 2.31. The minimum atomic E-state index is -1.07. The standard InChI is InChI=1S/C39H47N3O5/c1-26(2)16-17-27(3)42(37(45)34(24-28-12-8-7-9-13-28)41-38(46)47-39(4,5)6)35(30-19-22-33(43)23-20-30)36(44)40-32-21-18-29-14-10-11-15-31(29)25-32/h7-15,18-23,25-27,34-35,43H,16-17,24H2,1-6H3,(H,40,44)(H,41,46). The second-order valence-electron chi connectivity index (χ2n) is 13.5. The predicted molar refractivity (Wildman–Crippen MR) is 187 cm³/mol. The van der Waals surface area contributed by atoms with Gasteiger partial charge in [0.15, 0.2) is 0 Å². The molecule has 0 radical (unpaired) electrons. The Balaban J connectivity index is 1.79. The van der Waals surface area contributed by atoms with E-state index in [4.69, 9.17) is 4.74 Å². The van der Waals surface area contributed by atoms with E-state index in [2.05, 4.69) is 24.5 Å². The lowest BCUT2D eigenvalue weighted by Gasteiger charge is -2.39. The molecule has 4 rings (SSSR count). The summed E-state index contributed by atoms with van der Waals surface area (Å²) in [7, 11) is 0. The number of ether oxygens (including phenoxy) is 1. The molecule has 4 aromatic rings. The highest BCUT2D eigenvalue weighted by molar-refractivity contribution is 6.00. The number of amides is 3. The fourth-order valence-corrected chi connectivity index (χ4v) is 5.56. The molecule has 0 saturated carbocycles. The van der Waals surface area contributed by atoms with Crippen LogP contribution in [0, 0.1) is 5.92 Å². The van der Waals surface area contributed by atoms with Gasteiger partial charge in [-0.25, -0.2) is 4.79 Å². The van der Waals surface area contributed by atoms with Crippen LogP contribution in [0.15, 0.2) is 97.1 Å². The monoisotopic (exact) mass is 637 g/mol.